The highest BCUT2D eigenvalue weighted by atomic mass is 16.2. The molecule has 2 fully saturated rings. The third-order valence-electron chi connectivity index (χ3n) is 2.53. The molecule has 2 heterocycles. The lowest BCUT2D eigenvalue weighted by Gasteiger charge is -2.48. The van der Waals surface area contributed by atoms with Gasteiger partial charge in [0.15, 0.2) is 0 Å². The molecule has 1 amide bonds. The van der Waals surface area contributed by atoms with Gasteiger partial charge in [0.05, 0.1) is 6.04 Å². The Morgan fingerprint density at radius 1 is 1.50 bits per heavy atom. The molecule has 2 saturated heterocycles. The Bertz CT molecular complexity index is 169. The molecule has 56 valence electrons. The van der Waals surface area contributed by atoms with Gasteiger partial charge in [0, 0.05) is 6.54 Å². The molecule has 0 radical (unpaired) electrons. The first kappa shape index (κ1) is 6.16. The van der Waals surface area contributed by atoms with Crippen molar-refractivity contribution in [1.82, 2.24) is 4.90 Å². The van der Waals surface area contributed by atoms with Crippen LogP contribution in [0.15, 0.2) is 0 Å². The van der Waals surface area contributed by atoms with E-state index in [1.54, 1.807) is 0 Å². The van der Waals surface area contributed by atoms with Gasteiger partial charge in [-0.15, -0.1) is 0 Å². The van der Waals surface area contributed by atoms with Gasteiger partial charge < -0.3 is 10.6 Å². The molecule has 2 aliphatic heterocycles. The van der Waals surface area contributed by atoms with Crippen LogP contribution in [0.4, 0.5) is 0 Å². The maximum Gasteiger partial charge on any atom is 0.241 e. The molecule has 0 aromatic carbocycles. The minimum absolute atomic E-state index is 0.157. The Hall–Kier alpha value is -0.570. The van der Waals surface area contributed by atoms with Crippen molar-refractivity contribution in [3.8, 4) is 0 Å². The summed E-state index contributed by atoms with van der Waals surface area (Å²) in [6, 6.07) is 0.224. The number of β-lactam (4-membered cyclic amide) rings is 1. The van der Waals surface area contributed by atoms with Crippen LogP contribution < -0.4 is 5.73 Å². The number of carbonyl (C=O) groups excluding carboxylic acids is 1. The molecule has 0 aromatic rings. The Balaban J connectivity index is 2.06. The quantitative estimate of drug-likeness (QED) is 0.470. The highest BCUT2D eigenvalue weighted by Crippen LogP contribution is 2.27. The van der Waals surface area contributed by atoms with Crippen molar-refractivity contribution in [1.29, 1.82) is 0 Å². The van der Waals surface area contributed by atoms with E-state index in [-0.39, 0.29) is 11.9 Å². The molecule has 2 rings (SSSR count). The van der Waals surface area contributed by atoms with E-state index >= 15 is 0 Å². The topological polar surface area (TPSA) is 46.3 Å². The first-order valence-electron chi connectivity index (χ1n) is 3.87. The average molecular weight is 140 g/mol. The summed E-state index contributed by atoms with van der Waals surface area (Å²) < 4.78 is 0. The molecule has 3 nitrogen and oxygen atoms in total. The standard InChI is InChI=1S/C7H12N2O/c8-6-5-3-1-2-4-9(5)7(6)10/h5-6H,1-4,8H2/t5-,6-/m1/s1. The van der Waals surface area contributed by atoms with Crippen molar-refractivity contribution in [2.24, 2.45) is 5.73 Å². The minimum Gasteiger partial charge on any atom is -0.336 e. The first-order chi connectivity index (χ1) is 4.80. The van der Waals surface area contributed by atoms with E-state index in [9.17, 15) is 4.79 Å². The molecule has 2 aliphatic rings. The molecule has 10 heavy (non-hydrogen) atoms. The molecule has 0 bridgehead atoms. The molecular weight excluding hydrogens is 128 g/mol. The third-order valence-corrected chi connectivity index (χ3v) is 2.53. The van der Waals surface area contributed by atoms with E-state index in [4.69, 9.17) is 5.73 Å². The van der Waals surface area contributed by atoms with Gasteiger partial charge in [0.2, 0.25) is 5.91 Å². The fourth-order valence-electron chi connectivity index (χ4n) is 1.88. The second kappa shape index (κ2) is 1.95. The molecular formula is C7H12N2O. The molecule has 3 heteroatoms. The molecule has 2 N–H and O–H groups in total. The first-order valence-corrected chi connectivity index (χ1v) is 3.87. The number of nitrogens with zero attached hydrogens (tertiary/aromatic N) is 1. The van der Waals surface area contributed by atoms with Gasteiger partial charge >= 0.3 is 0 Å². The number of piperidine rings is 1. The molecule has 0 aromatic heterocycles. The normalized spacial score (nSPS) is 38.9. The van der Waals surface area contributed by atoms with Crippen LogP contribution in [0, 0.1) is 0 Å². The Labute approximate surface area is 60.2 Å². The highest BCUT2D eigenvalue weighted by molar-refractivity contribution is 5.89. The third kappa shape index (κ3) is 0.611. The van der Waals surface area contributed by atoms with Crippen LogP contribution in [0.2, 0.25) is 0 Å². The maximum atomic E-state index is 11.0. The summed E-state index contributed by atoms with van der Waals surface area (Å²) >= 11 is 0. The fraction of sp³-hybridized carbons (Fsp3) is 0.857. The summed E-state index contributed by atoms with van der Waals surface area (Å²) in [6.45, 7) is 0.942. The van der Waals surface area contributed by atoms with Gasteiger partial charge in [-0.25, -0.2) is 0 Å². The largest absolute Gasteiger partial charge is 0.336 e. The maximum absolute atomic E-state index is 11.0. The summed E-state index contributed by atoms with van der Waals surface area (Å²) in [5, 5.41) is 0. The molecule has 0 saturated carbocycles. The van der Waals surface area contributed by atoms with Gasteiger partial charge in [0.1, 0.15) is 6.04 Å². The van der Waals surface area contributed by atoms with Crippen LogP contribution in [0.1, 0.15) is 19.3 Å². The summed E-state index contributed by atoms with van der Waals surface area (Å²) in [7, 11) is 0. The zero-order valence-electron chi connectivity index (χ0n) is 5.92. The van der Waals surface area contributed by atoms with Crippen LogP contribution in [0.25, 0.3) is 0 Å². The van der Waals surface area contributed by atoms with E-state index in [0.717, 1.165) is 19.4 Å². The predicted octanol–water partition coefficient (Wildman–Crippen LogP) is -0.292. The predicted molar refractivity (Wildman–Crippen MR) is 37.3 cm³/mol. The fourth-order valence-corrected chi connectivity index (χ4v) is 1.88. The molecule has 0 unspecified atom stereocenters. The van der Waals surface area contributed by atoms with Crippen molar-refractivity contribution in [3.63, 3.8) is 0 Å². The van der Waals surface area contributed by atoms with Crippen LogP contribution in [0.3, 0.4) is 0 Å². The zero-order chi connectivity index (χ0) is 7.14. The van der Waals surface area contributed by atoms with E-state index in [1.807, 2.05) is 4.90 Å². The lowest BCUT2D eigenvalue weighted by molar-refractivity contribution is -0.151. The van der Waals surface area contributed by atoms with Crippen molar-refractivity contribution in [2.75, 3.05) is 6.54 Å². The minimum atomic E-state index is -0.166. The second-order valence-electron chi connectivity index (χ2n) is 3.12. The lowest BCUT2D eigenvalue weighted by Crippen LogP contribution is -2.69. The van der Waals surface area contributed by atoms with E-state index in [1.165, 1.54) is 6.42 Å². The summed E-state index contributed by atoms with van der Waals surface area (Å²) in [5.74, 6) is 0.157. The van der Waals surface area contributed by atoms with E-state index in [2.05, 4.69) is 0 Å². The van der Waals surface area contributed by atoms with Crippen LogP contribution >= 0.6 is 0 Å². The smallest absolute Gasteiger partial charge is 0.241 e. The number of amides is 1. The van der Waals surface area contributed by atoms with Crippen molar-refractivity contribution in [2.45, 2.75) is 31.3 Å². The molecule has 2 atom stereocenters. The van der Waals surface area contributed by atoms with Crippen LogP contribution in [0.5, 0.6) is 0 Å². The Morgan fingerprint density at radius 2 is 2.30 bits per heavy atom. The summed E-state index contributed by atoms with van der Waals surface area (Å²) in [4.78, 5) is 12.9. The molecule has 0 aliphatic carbocycles. The van der Waals surface area contributed by atoms with E-state index < -0.39 is 0 Å². The Morgan fingerprint density at radius 3 is 3.00 bits per heavy atom. The van der Waals surface area contributed by atoms with Gasteiger partial charge in [0.25, 0.3) is 0 Å². The number of nitrogens with two attached hydrogens (primary N) is 1. The zero-order valence-corrected chi connectivity index (χ0v) is 5.92. The van der Waals surface area contributed by atoms with Crippen LogP contribution in [-0.2, 0) is 4.79 Å². The second-order valence-corrected chi connectivity index (χ2v) is 3.12. The SMILES string of the molecule is N[C@H]1C(=O)N2CCCC[C@H]12. The van der Waals surface area contributed by atoms with Crippen molar-refractivity contribution >= 4 is 5.91 Å². The number of hydrogen-bond acceptors (Lipinski definition) is 2. The van der Waals surface area contributed by atoms with Crippen LogP contribution in [-0.4, -0.2) is 29.4 Å². The summed E-state index contributed by atoms with van der Waals surface area (Å²) in [6.07, 6.45) is 3.52. The number of carbonyl (C=O) groups is 1. The van der Waals surface area contributed by atoms with Gasteiger partial charge in [-0.2, -0.15) is 0 Å². The van der Waals surface area contributed by atoms with Gasteiger partial charge in [-0.05, 0) is 19.3 Å². The number of rotatable bonds is 0. The van der Waals surface area contributed by atoms with E-state index in [0.29, 0.717) is 6.04 Å². The highest BCUT2D eigenvalue weighted by Gasteiger charge is 2.45. The average Bonchev–Trinajstić information content (AvgIpc) is 2.03. The Kier molecular flexibility index (Phi) is 1.20. The number of fused-ring (bicyclic) bond motifs is 1. The lowest BCUT2D eigenvalue weighted by atomic mass is 9.87. The van der Waals surface area contributed by atoms with Gasteiger partial charge in [-0.3, -0.25) is 4.79 Å². The van der Waals surface area contributed by atoms with Gasteiger partial charge in [-0.1, -0.05) is 0 Å². The van der Waals surface area contributed by atoms with Crippen molar-refractivity contribution in [3.05, 3.63) is 0 Å². The van der Waals surface area contributed by atoms with Crippen molar-refractivity contribution < 1.29 is 4.79 Å². The molecule has 0 spiro atoms. The number of hydrogen-bond donors (Lipinski definition) is 1. The monoisotopic (exact) mass is 140 g/mol. The summed E-state index contributed by atoms with van der Waals surface area (Å²) in [5.41, 5.74) is 5.59.